The molecule has 1 radical (unpaired) electrons. The lowest BCUT2D eigenvalue weighted by molar-refractivity contribution is 1.07. The Balaban J connectivity index is 1.97. The lowest BCUT2D eigenvalue weighted by atomic mass is 10.1. The van der Waals surface area contributed by atoms with Crippen LogP contribution in [0.1, 0.15) is 0 Å². The molecule has 0 atom stereocenters. The number of hydrogen-bond acceptors (Lipinski definition) is 2. The van der Waals surface area contributed by atoms with Gasteiger partial charge in [0.15, 0.2) is 11.6 Å². The van der Waals surface area contributed by atoms with Gasteiger partial charge in [0, 0.05) is 16.8 Å². The fourth-order valence-corrected chi connectivity index (χ4v) is 2.60. The predicted molar refractivity (Wildman–Crippen MR) is 91.1 cm³/mol. The van der Waals surface area contributed by atoms with E-state index in [2.05, 4.69) is 33.0 Å². The summed E-state index contributed by atoms with van der Waals surface area (Å²) in [5.74, 6) is 1.66. The van der Waals surface area contributed by atoms with Crippen molar-refractivity contribution in [3.63, 3.8) is 0 Å². The fourth-order valence-electron chi connectivity index (χ4n) is 2.60. The first-order chi connectivity index (χ1) is 11.4. The third-order valence-electron chi connectivity index (χ3n) is 3.69. The molecule has 3 aromatic carbocycles. The van der Waals surface area contributed by atoms with E-state index in [0.29, 0.717) is 0 Å². The average Bonchev–Trinajstić information content (AvgIpc) is 3.09. The Hall–Kier alpha value is -3.20. The fraction of sp³-hybridized carbons (Fsp3) is 0. The highest BCUT2D eigenvalue weighted by Crippen LogP contribution is 2.27. The zero-order valence-electron chi connectivity index (χ0n) is 12.4. The number of benzene rings is 3. The van der Waals surface area contributed by atoms with Crippen LogP contribution >= 0.6 is 0 Å². The standard InChI is InChI=1S/C20H14N3/c1-4-10-16(11-5-1)19-21-22-20(17-12-6-2-7-13-17)23(19)18-14-8-3-9-15-18/h1,3-15H. The monoisotopic (exact) mass is 296 g/mol. The zero-order valence-corrected chi connectivity index (χ0v) is 12.4. The third kappa shape index (κ3) is 2.53. The molecule has 0 spiro atoms. The predicted octanol–water partition coefficient (Wildman–Crippen LogP) is 4.40. The molecule has 23 heavy (non-hydrogen) atoms. The van der Waals surface area contributed by atoms with Gasteiger partial charge in [0.25, 0.3) is 0 Å². The smallest absolute Gasteiger partial charge is 0.168 e. The Labute approximate surface area is 134 Å². The van der Waals surface area contributed by atoms with Gasteiger partial charge in [-0.25, -0.2) is 0 Å². The lowest BCUT2D eigenvalue weighted by Gasteiger charge is -2.10. The topological polar surface area (TPSA) is 30.7 Å². The van der Waals surface area contributed by atoms with Crippen molar-refractivity contribution in [3.05, 3.63) is 91.0 Å². The van der Waals surface area contributed by atoms with Crippen molar-refractivity contribution in [2.75, 3.05) is 0 Å². The average molecular weight is 296 g/mol. The van der Waals surface area contributed by atoms with E-state index in [4.69, 9.17) is 0 Å². The summed E-state index contributed by atoms with van der Waals surface area (Å²) >= 11 is 0. The molecule has 1 aromatic heterocycles. The van der Waals surface area contributed by atoms with Crippen LogP contribution in [-0.2, 0) is 0 Å². The van der Waals surface area contributed by atoms with Crippen LogP contribution in [0.4, 0.5) is 0 Å². The number of nitrogens with zero attached hydrogens (tertiary/aromatic N) is 3. The molecule has 4 rings (SSSR count). The van der Waals surface area contributed by atoms with E-state index in [0.717, 1.165) is 28.5 Å². The van der Waals surface area contributed by atoms with Crippen LogP contribution in [0.15, 0.2) is 84.9 Å². The van der Waals surface area contributed by atoms with Gasteiger partial charge in [-0.05, 0) is 18.2 Å². The van der Waals surface area contributed by atoms with E-state index >= 15 is 0 Å². The molecule has 109 valence electrons. The van der Waals surface area contributed by atoms with Crippen molar-refractivity contribution in [1.29, 1.82) is 0 Å². The molecule has 0 saturated heterocycles. The molecule has 0 saturated carbocycles. The Kier molecular flexibility index (Phi) is 3.45. The Bertz CT molecular complexity index is 841. The second kappa shape index (κ2) is 5.89. The van der Waals surface area contributed by atoms with Gasteiger partial charge >= 0.3 is 0 Å². The first kappa shape index (κ1) is 13.5. The molecule has 3 heteroatoms. The highest BCUT2D eigenvalue weighted by molar-refractivity contribution is 5.66. The van der Waals surface area contributed by atoms with Crippen LogP contribution in [0.3, 0.4) is 0 Å². The Morgan fingerprint density at radius 3 is 1.74 bits per heavy atom. The summed E-state index contributed by atoms with van der Waals surface area (Å²) in [5.41, 5.74) is 3.10. The normalized spacial score (nSPS) is 10.6. The van der Waals surface area contributed by atoms with Crippen molar-refractivity contribution < 1.29 is 0 Å². The van der Waals surface area contributed by atoms with Gasteiger partial charge in [-0.2, -0.15) is 0 Å². The second-order valence-electron chi connectivity index (χ2n) is 5.17. The Morgan fingerprint density at radius 2 is 1.13 bits per heavy atom. The molecule has 0 amide bonds. The molecule has 1 heterocycles. The molecule has 0 aliphatic heterocycles. The third-order valence-corrected chi connectivity index (χ3v) is 3.69. The zero-order chi connectivity index (χ0) is 15.5. The summed E-state index contributed by atoms with van der Waals surface area (Å²) in [6.07, 6.45) is 0. The van der Waals surface area contributed by atoms with Crippen LogP contribution in [0.25, 0.3) is 28.5 Å². The van der Waals surface area contributed by atoms with Crippen molar-refractivity contribution in [2.45, 2.75) is 0 Å². The summed E-state index contributed by atoms with van der Waals surface area (Å²) in [6, 6.07) is 31.1. The molecule has 0 aliphatic rings. The minimum atomic E-state index is 0.823. The van der Waals surface area contributed by atoms with Crippen LogP contribution in [0.2, 0.25) is 0 Å². The summed E-state index contributed by atoms with van der Waals surface area (Å²) in [5, 5.41) is 8.88. The van der Waals surface area contributed by atoms with Crippen LogP contribution in [-0.4, -0.2) is 14.8 Å². The van der Waals surface area contributed by atoms with E-state index < -0.39 is 0 Å². The molecule has 0 N–H and O–H groups in total. The van der Waals surface area contributed by atoms with Gasteiger partial charge in [0.05, 0.1) is 0 Å². The molecule has 0 bridgehead atoms. The summed E-state index contributed by atoms with van der Waals surface area (Å²) < 4.78 is 2.09. The van der Waals surface area contributed by atoms with E-state index in [1.54, 1.807) is 0 Å². The minimum Gasteiger partial charge on any atom is -0.275 e. The largest absolute Gasteiger partial charge is 0.275 e. The SMILES string of the molecule is [c]1ccc(-c2nnc(-c3ccccc3)n2-c2ccccc2)cc1. The molecule has 0 aliphatic carbocycles. The highest BCUT2D eigenvalue weighted by atomic mass is 15.3. The second-order valence-corrected chi connectivity index (χ2v) is 5.17. The van der Waals surface area contributed by atoms with Crippen LogP contribution in [0.5, 0.6) is 0 Å². The molecule has 4 aromatic rings. The van der Waals surface area contributed by atoms with E-state index in [1.165, 1.54) is 0 Å². The van der Waals surface area contributed by atoms with Crippen LogP contribution < -0.4 is 0 Å². The van der Waals surface area contributed by atoms with E-state index in [9.17, 15) is 0 Å². The summed E-state index contributed by atoms with van der Waals surface area (Å²) in [7, 11) is 0. The van der Waals surface area contributed by atoms with Crippen molar-refractivity contribution in [2.24, 2.45) is 0 Å². The maximum absolute atomic E-state index is 4.44. The summed E-state index contributed by atoms with van der Waals surface area (Å²) in [6.45, 7) is 0. The van der Waals surface area contributed by atoms with Gasteiger partial charge in [0.2, 0.25) is 0 Å². The molecule has 3 nitrogen and oxygen atoms in total. The first-order valence-corrected chi connectivity index (χ1v) is 7.46. The number of hydrogen-bond donors (Lipinski definition) is 0. The highest BCUT2D eigenvalue weighted by Gasteiger charge is 2.16. The van der Waals surface area contributed by atoms with Gasteiger partial charge in [-0.1, -0.05) is 72.8 Å². The number of rotatable bonds is 3. The van der Waals surface area contributed by atoms with Crippen LogP contribution in [0, 0.1) is 6.07 Å². The molecular formula is C20H14N3. The molecular weight excluding hydrogens is 282 g/mol. The van der Waals surface area contributed by atoms with Gasteiger partial charge in [0.1, 0.15) is 0 Å². The molecule has 0 unspecified atom stereocenters. The van der Waals surface area contributed by atoms with E-state index in [1.807, 2.05) is 72.8 Å². The van der Waals surface area contributed by atoms with Gasteiger partial charge < -0.3 is 0 Å². The molecule has 0 fully saturated rings. The van der Waals surface area contributed by atoms with Crippen molar-refractivity contribution >= 4 is 0 Å². The van der Waals surface area contributed by atoms with Gasteiger partial charge in [-0.3, -0.25) is 4.57 Å². The Morgan fingerprint density at radius 1 is 0.609 bits per heavy atom. The van der Waals surface area contributed by atoms with E-state index in [-0.39, 0.29) is 0 Å². The number of para-hydroxylation sites is 1. The maximum atomic E-state index is 4.44. The van der Waals surface area contributed by atoms with Crippen molar-refractivity contribution in [1.82, 2.24) is 14.8 Å². The lowest BCUT2D eigenvalue weighted by Crippen LogP contribution is -2.00. The quantitative estimate of drug-likeness (QED) is 0.561. The maximum Gasteiger partial charge on any atom is 0.168 e. The number of aromatic nitrogens is 3. The van der Waals surface area contributed by atoms with Crippen molar-refractivity contribution in [3.8, 4) is 28.5 Å². The first-order valence-electron chi connectivity index (χ1n) is 7.46. The summed E-state index contributed by atoms with van der Waals surface area (Å²) in [4.78, 5) is 0. The van der Waals surface area contributed by atoms with Gasteiger partial charge in [-0.15, -0.1) is 10.2 Å². The minimum absolute atomic E-state index is 0.823.